The summed E-state index contributed by atoms with van der Waals surface area (Å²) in [6.07, 6.45) is 0. The van der Waals surface area contributed by atoms with Gasteiger partial charge in [0.25, 0.3) is 5.69 Å². The van der Waals surface area contributed by atoms with E-state index in [-0.39, 0.29) is 22.1 Å². The van der Waals surface area contributed by atoms with Crippen molar-refractivity contribution in [1.29, 1.82) is 0 Å². The summed E-state index contributed by atoms with van der Waals surface area (Å²) in [5.74, 6) is -0.524. The van der Waals surface area contributed by atoms with Gasteiger partial charge in [-0.2, -0.15) is 0 Å². The Balaban J connectivity index is 2.29. The molecular formula is C12H9ClFN3O2. The van der Waals surface area contributed by atoms with Crippen LogP contribution in [0.3, 0.4) is 0 Å². The van der Waals surface area contributed by atoms with Crippen LogP contribution in [0.5, 0.6) is 0 Å². The SMILES string of the molecule is Nc1cc(Nc2ccc(Cl)cc2F)ccc1[N+](=O)[O-]. The van der Waals surface area contributed by atoms with E-state index in [1.165, 1.54) is 36.4 Å². The van der Waals surface area contributed by atoms with Gasteiger partial charge in [0.2, 0.25) is 0 Å². The third-order valence-corrected chi connectivity index (χ3v) is 2.67. The second-order valence-corrected chi connectivity index (χ2v) is 4.22. The van der Waals surface area contributed by atoms with Gasteiger partial charge in [0.05, 0.1) is 10.6 Å². The Hall–Kier alpha value is -2.34. The van der Waals surface area contributed by atoms with E-state index in [1.807, 2.05) is 0 Å². The molecule has 2 aromatic rings. The summed E-state index contributed by atoms with van der Waals surface area (Å²) >= 11 is 5.64. The van der Waals surface area contributed by atoms with Crippen molar-refractivity contribution in [3.8, 4) is 0 Å². The van der Waals surface area contributed by atoms with Crippen LogP contribution in [-0.4, -0.2) is 4.92 Å². The lowest BCUT2D eigenvalue weighted by molar-refractivity contribution is -0.383. The number of anilines is 3. The van der Waals surface area contributed by atoms with Gasteiger partial charge in [-0.15, -0.1) is 0 Å². The molecule has 0 saturated carbocycles. The largest absolute Gasteiger partial charge is 0.393 e. The highest BCUT2D eigenvalue weighted by Gasteiger charge is 2.11. The lowest BCUT2D eigenvalue weighted by Crippen LogP contribution is -1.98. The summed E-state index contributed by atoms with van der Waals surface area (Å²) in [6, 6.07) is 8.23. The van der Waals surface area contributed by atoms with Crippen LogP contribution in [0.15, 0.2) is 36.4 Å². The Bertz CT molecular complexity index is 649. The molecule has 0 aromatic heterocycles. The van der Waals surface area contributed by atoms with E-state index >= 15 is 0 Å². The molecule has 0 heterocycles. The predicted molar refractivity (Wildman–Crippen MR) is 72.2 cm³/mol. The van der Waals surface area contributed by atoms with Crippen LogP contribution in [0.25, 0.3) is 0 Å². The fourth-order valence-corrected chi connectivity index (χ4v) is 1.70. The molecule has 0 spiro atoms. The lowest BCUT2D eigenvalue weighted by Gasteiger charge is -2.08. The highest BCUT2D eigenvalue weighted by Crippen LogP contribution is 2.28. The average Bonchev–Trinajstić information content (AvgIpc) is 2.32. The quantitative estimate of drug-likeness (QED) is 0.510. The molecule has 19 heavy (non-hydrogen) atoms. The van der Waals surface area contributed by atoms with E-state index in [9.17, 15) is 14.5 Å². The molecule has 0 unspecified atom stereocenters. The first-order valence-electron chi connectivity index (χ1n) is 5.23. The number of rotatable bonds is 3. The van der Waals surface area contributed by atoms with Crippen LogP contribution in [0.1, 0.15) is 0 Å². The van der Waals surface area contributed by atoms with Gasteiger partial charge in [0, 0.05) is 16.8 Å². The Morgan fingerprint density at radius 1 is 1.26 bits per heavy atom. The second kappa shape index (κ2) is 5.11. The topological polar surface area (TPSA) is 81.2 Å². The van der Waals surface area contributed by atoms with Crippen molar-refractivity contribution in [2.24, 2.45) is 0 Å². The van der Waals surface area contributed by atoms with Crippen molar-refractivity contribution in [2.75, 3.05) is 11.1 Å². The zero-order valence-corrected chi connectivity index (χ0v) is 10.3. The Morgan fingerprint density at radius 2 is 2.00 bits per heavy atom. The van der Waals surface area contributed by atoms with E-state index in [0.717, 1.165) is 0 Å². The molecule has 0 saturated heterocycles. The van der Waals surface area contributed by atoms with E-state index in [1.54, 1.807) is 0 Å². The van der Waals surface area contributed by atoms with E-state index < -0.39 is 10.7 Å². The van der Waals surface area contributed by atoms with Crippen LogP contribution in [0, 0.1) is 15.9 Å². The third-order valence-electron chi connectivity index (χ3n) is 2.43. The third kappa shape index (κ3) is 2.92. The van der Waals surface area contributed by atoms with Gasteiger partial charge in [0.15, 0.2) is 0 Å². The Labute approximate surface area is 113 Å². The van der Waals surface area contributed by atoms with Gasteiger partial charge in [-0.1, -0.05) is 11.6 Å². The van der Waals surface area contributed by atoms with Gasteiger partial charge < -0.3 is 11.1 Å². The molecule has 0 aliphatic heterocycles. The molecule has 98 valence electrons. The van der Waals surface area contributed by atoms with Crippen LogP contribution in [0.4, 0.5) is 27.1 Å². The van der Waals surface area contributed by atoms with Crippen molar-refractivity contribution in [3.63, 3.8) is 0 Å². The number of nitrogens with one attached hydrogen (secondary N) is 1. The number of nitrogen functional groups attached to an aromatic ring is 1. The maximum Gasteiger partial charge on any atom is 0.292 e. The van der Waals surface area contributed by atoms with Crippen LogP contribution in [-0.2, 0) is 0 Å². The molecule has 5 nitrogen and oxygen atoms in total. The maximum absolute atomic E-state index is 13.6. The molecule has 7 heteroatoms. The number of hydrogen-bond acceptors (Lipinski definition) is 4. The molecule has 3 N–H and O–H groups in total. The monoisotopic (exact) mass is 281 g/mol. The van der Waals surface area contributed by atoms with Crippen molar-refractivity contribution in [3.05, 3.63) is 57.4 Å². The summed E-state index contributed by atoms with van der Waals surface area (Å²) in [6.45, 7) is 0. The predicted octanol–water partition coefficient (Wildman–Crippen LogP) is 3.71. The number of nitrogens with zero attached hydrogens (tertiary/aromatic N) is 1. The van der Waals surface area contributed by atoms with Crippen molar-refractivity contribution >= 4 is 34.4 Å². The van der Waals surface area contributed by atoms with Crippen molar-refractivity contribution in [2.45, 2.75) is 0 Å². The highest BCUT2D eigenvalue weighted by molar-refractivity contribution is 6.30. The first-order valence-corrected chi connectivity index (χ1v) is 5.61. The maximum atomic E-state index is 13.6. The van der Waals surface area contributed by atoms with Crippen LogP contribution in [0.2, 0.25) is 5.02 Å². The number of nitro benzene ring substituents is 1. The first kappa shape index (κ1) is 13.1. The van der Waals surface area contributed by atoms with E-state index in [2.05, 4.69) is 5.32 Å². The molecular weight excluding hydrogens is 273 g/mol. The molecule has 2 aromatic carbocycles. The van der Waals surface area contributed by atoms with Gasteiger partial charge in [0.1, 0.15) is 11.5 Å². The summed E-state index contributed by atoms with van der Waals surface area (Å²) in [7, 11) is 0. The van der Waals surface area contributed by atoms with E-state index in [4.69, 9.17) is 17.3 Å². The summed E-state index contributed by atoms with van der Waals surface area (Å²) in [5, 5.41) is 13.7. The molecule has 0 aliphatic carbocycles. The molecule has 0 amide bonds. The number of benzene rings is 2. The second-order valence-electron chi connectivity index (χ2n) is 3.78. The molecule has 0 bridgehead atoms. The number of nitrogens with two attached hydrogens (primary N) is 1. The van der Waals surface area contributed by atoms with Gasteiger partial charge in [-0.05, 0) is 30.3 Å². The lowest BCUT2D eigenvalue weighted by atomic mass is 10.2. The summed E-state index contributed by atoms with van der Waals surface area (Å²) in [4.78, 5) is 10.0. The molecule has 0 aliphatic rings. The molecule has 2 rings (SSSR count). The fourth-order valence-electron chi connectivity index (χ4n) is 1.54. The van der Waals surface area contributed by atoms with Crippen LogP contribution >= 0.6 is 11.6 Å². The van der Waals surface area contributed by atoms with E-state index in [0.29, 0.717) is 5.69 Å². The Kier molecular flexibility index (Phi) is 3.52. The normalized spacial score (nSPS) is 10.2. The molecule has 0 radical (unpaired) electrons. The van der Waals surface area contributed by atoms with Gasteiger partial charge in [-0.3, -0.25) is 10.1 Å². The van der Waals surface area contributed by atoms with Crippen molar-refractivity contribution in [1.82, 2.24) is 0 Å². The Morgan fingerprint density at radius 3 is 2.58 bits per heavy atom. The minimum atomic E-state index is -0.581. The molecule has 0 atom stereocenters. The minimum absolute atomic E-state index is 0.00405. The van der Waals surface area contributed by atoms with Gasteiger partial charge in [-0.25, -0.2) is 4.39 Å². The fraction of sp³-hybridized carbons (Fsp3) is 0. The first-order chi connectivity index (χ1) is 8.97. The van der Waals surface area contributed by atoms with Gasteiger partial charge >= 0.3 is 0 Å². The van der Waals surface area contributed by atoms with Crippen molar-refractivity contribution < 1.29 is 9.31 Å². The number of halogens is 2. The average molecular weight is 282 g/mol. The molecule has 0 fully saturated rings. The zero-order valence-electron chi connectivity index (χ0n) is 9.56. The highest BCUT2D eigenvalue weighted by atomic mass is 35.5. The summed E-state index contributed by atoms with van der Waals surface area (Å²) < 4.78 is 13.6. The minimum Gasteiger partial charge on any atom is -0.393 e. The van der Waals surface area contributed by atoms with Crippen LogP contribution < -0.4 is 11.1 Å². The zero-order chi connectivity index (χ0) is 14.0. The smallest absolute Gasteiger partial charge is 0.292 e. The summed E-state index contributed by atoms with van der Waals surface area (Å²) in [5.41, 5.74) is 6.01. The number of hydrogen-bond donors (Lipinski definition) is 2. The number of nitro groups is 1. The standard InChI is InChI=1S/C12H9ClFN3O2/c13-7-1-3-11(9(14)5-7)16-8-2-4-12(17(18)19)10(15)6-8/h1-6,16H,15H2.